The molecule has 4 nitrogen and oxygen atoms in total. The first-order chi connectivity index (χ1) is 9.52. The molecular weight excluding hydrogens is 322 g/mol. The van der Waals surface area contributed by atoms with Gasteiger partial charge in [0.15, 0.2) is 5.78 Å². The zero-order valence-corrected chi connectivity index (χ0v) is 11.8. The highest BCUT2D eigenvalue weighted by Gasteiger charge is 2.59. The Labute approximate surface area is 123 Å². The van der Waals surface area contributed by atoms with Crippen LogP contribution >= 0.6 is 15.9 Å². The summed E-state index contributed by atoms with van der Waals surface area (Å²) in [5, 5.41) is 10.9. The number of rotatable bonds is 0. The second kappa shape index (κ2) is 3.62. The first-order valence-electron chi connectivity index (χ1n) is 6.16. The Balaban J connectivity index is 1.99. The van der Waals surface area contributed by atoms with E-state index in [2.05, 4.69) is 15.9 Å². The minimum absolute atomic E-state index is 0.193. The quantitative estimate of drug-likeness (QED) is 0.727. The predicted molar refractivity (Wildman–Crippen MR) is 76.6 cm³/mol. The van der Waals surface area contributed by atoms with E-state index >= 15 is 0 Å². The summed E-state index contributed by atoms with van der Waals surface area (Å²) in [5.74, 6) is -2.06. The van der Waals surface area contributed by atoms with Crippen molar-refractivity contribution < 1.29 is 14.6 Å². The van der Waals surface area contributed by atoms with E-state index in [1.807, 2.05) is 6.07 Å². The molecule has 0 bridgehead atoms. The number of ether oxygens (including phenoxy) is 1. The predicted octanol–water partition coefficient (Wildman–Crippen LogP) is 2.55. The van der Waals surface area contributed by atoms with Crippen molar-refractivity contribution in [2.75, 3.05) is 5.73 Å². The van der Waals surface area contributed by atoms with E-state index in [1.54, 1.807) is 30.3 Å². The first kappa shape index (κ1) is 11.9. The van der Waals surface area contributed by atoms with Crippen LogP contribution in [-0.2, 0) is 5.79 Å². The maximum absolute atomic E-state index is 12.6. The van der Waals surface area contributed by atoms with Gasteiger partial charge in [-0.05, 0) is 18.2 Å². The van der Waals surface area contributed by atoms with Crippen LogP contribution in [0.2, 0.25) is 0 Å². The number of fused-ring (bicyclic) bond motifs is 5. The fraction of sp³-hybridized carbons (Fsp3) is 0.133. The molecule has 2 aliphatic rings. The lowest BCUT2D eigenvalue weighted by atomic mass is 9.93. The largest absolute Gasteiger partial charge is 0.457 e. The van der Waals surface area contributed by atoms with E-state index in [9.17, 15) is 9.90 Å². The van der Waals surface area contributed by atoms with Crippen LogP contribution in [0.25, 0.3) is 0 Å². The van der Waals surface area contributed by atoms with Crippen molar-refractivity contribution >= 4 is 27.4 Å². The molecule has 1 unspecified atom stereocenters. The molecule has 4 rings (SSSR count). The summed E-state index contributed by atoms with van der Waals surface area (Å²) in [6.07, 6.45) is 0. The van der Waals surface area contributed by atoms with Gasteiger partial charge in [-0.15, -0.1) is 0 Å². The second-order valence-electron chi connectivity index (χ2n) is 5.05. The van der Waals surface area contributed by atoms with Crippen molar-refractivity contribution in [3.8, 4) is 5.75 Å². The molecule has 3 N–H and O–H groups in total. The van der Waals surface area contributed by atoms with Gasteiger partial charge in [0.1, 0.15) is 11.7 Å². The van der Waals surface area contributed by atoms with Gasteiger partial charge in [-0.25, -0.2) is 0 Å². The summed E-state index contributed by atoms with van der Waals surface area (Å²) < 4.78 is 6.53. The Morgan fingerprint density at radius 1 is 1.30 bits per heavy atom. The standard InChI is InChI=1S/C15H10BrNO3/c16-7-4-5-8-11(6-7)20-15(19)9-2-1-3-10(17)12(9)14(18)13(8)15/h1-6,13,19H,17H2/t13?,15-/m1/s1. The van der Waals surface area contributed by atoms with Crippen LogP contribution in [0.1, 0.15) is 27.4 Å². The Morgan fingerprint density at radius 2 is 2.10 bits per heavy atom. The van der Waals surface area contributed by atoms with E-state index in [0.29, 0.717) is 28.1 Å². The Bertz CT molecular complexity index is 774. The average molecular weight is 332 g/mol. The highest BCUT2D eigenvalue weighted by atomic mass is 79.9. The molecule has 0 saturated carbocycles. The topological polar surface area (TPSA) is 72.6 Å². The fourth-order valence-electron chi connectivity index (χ4n) is 3.09. The molecule has 20 heavy (non-hydrogen) atoms. The number of Topliss-reactive ketones (excluding diaryl/α,β-unsaturated/α-hetero) is 1. The molecule has 2 aromatic rings. The van der Waals surface area contributed by atoms with Crippen molar-refractivity contribution in [3.05, 3.63) is 57.6 Å². The minimum Gasteiger partial charge on any atom is -0.457 e. The SMILES string of the molecule is Nc1cccc2c1C(=O)C1c3ccc(Br)cc3O[C@]21O. The number of carbonyl (C=O) groups excluding carboxylic acids is 1. The Kier molecular flexibility index (Phi) is 2.16. The lowest BCUT2D eigenvalue weighted by molar-refractivity contribution is -0.134. The van der Waals surface area contributed by atoms with Crippen LogP contribution in [0.15, 0.2) is 40.9 Å². The second-order valence-corrected chi connectivity index (χ2v) is 5.96. The molecule has 100 valence electrons. The van der Waals surface area contributed by atoms with Gasteiger partial charge in [0.05, 0.1) is 5.56 Å². The van der Waals surface area contributed by atoms with E-state index < -0.39 is 11.7 Å². The van der Waals surface area contributed by atoms with E-state index in [-0.39, 0.29) is 5.78 Å². The molecule has 1 aliphatic heterocycles. The lowest BCUT2D eigenvalue weighted by Crippen LogP contribution is -2.32. The van der Waals surface area contributed by atoms with Crippen LogP contribution in [0.5, 0.6) is 5.75 Å². The molecule has 0 radical (unpaired) electrons. The molecule has 1 heterocycles. The molecular formula is C15H10BrNO3. The van der Waals surface area contributed by atoms with Crippen molar-refractivity contribution in [2.24, 2.45) is 0 Å². The van der Waals surface area contributed by atoms with Gasteiger partial charge in [0, 0.05) is 21.3 Å². The normalized spacial score (nSPS) is 25.9. The minimum atomic E-state index is -1.65. The molecule has 0 amide bonds. The zero-order chi connectivity index (χ0) is 14.1. The van der Waals surface area contributed by atoms with Crippen molar-refractivity contribution in [3.63, 3.8) is 0 Å². The molecule has 0 spiro atoms. The summed E-state index contributed by atoms with van der Waals surface area (Å²) in [4.78, 5) is 12.6. The van der Waals surface area contributed by atoms with Crippen molar-refractivity contribution in [1.29, 1.82) is 0 Å². The maximum Gasteiger partial charge on any atom is 0.250 e. The highest BCUT2D eigenvalue weighted by Crippen LogP contribution is 2.56. The van der Waals surface area contributed by atoms with E-state index in [0.717, 1.165) is 4.47 Å². The highest BCUT2D eigenvalue weighted by molar-refractivity contribution is 9.10. The molecule has 2 atom stereocenters. The summed E-state index contributed by atoms with van der Waals surface area (Å²) in [7, 11) is 0. The summed E-state index contributed by atoms with van der Waals surface area (Å²) in [6.45, 7) is 0. The van der Waals surface area contributed by atoms with Gasteiger partial charge in [-0.3, -0.25) is 4.79 Å². The van der Waals surface area contributed by atoms with Gasteiger partial charge in [-0.2, -0.15) is 0 Å². The number of carbonyl (C=O) groups is 1. The van der Waals surface area contributed by atoms with Gasteiger partial charge < -0.3 is 15.6 Å². The molecule has 0 saturated heterocycles. The van der Waals surface area contributed by atoms with Gasteiger partial charge in [0.2, 0.25) is 5.79 Å². The number of anilines is 1. The van der Waals surface area contributed by atoms with E-state index in [4.69, 9.17) is 10.5 Å². The molecule has 1 aliphatic carbocycles. The van der Waals surface area contributed by atoms with Crippen LogP contribution in [0, 0.1) is 0 Å². The number of aliphatic hydroxyl groups is 1. The van der Waals surface area contributed by atoms with Crippen LogP contribution in [0.4, 0.5) is 5.69 Å². The van der Waals surface area contributed by atoms with Gasteiger partial charge in [-0.1, -0.05) is 34.1 Å². The smallest absolute Gasteiger partial charge is 0.250 e. The van der Waals surface area contributed by atoms with E-state index in [1.165, 1.54) is 0 Å². The number of benzene rings is 2. The van der Waals surface area contributed by atoms with Crippen molar-refractivity contribution in [1.82, 2.24) is 0 Å². The zero-order valence-electron chi connectivity index (χ0n) is 10.3. The fourth-order valence-corrected chi connectivity index (χ4v) is 3.43. The maximum atomic E-state index is 12.6. The average Bonchev–Trinajstić information content (AvgIpc) is 2.80. The summed E-state index contributed by atoms with van der Waals surface area (Å²) in [5.41, 5.74) is 7.75. The number of nitrogens with two attached hydrogens (primary N) is 1. The first-order valence-corrected chi connectivity index (χ1v) is 6.95. The number of ketones is 1. The third kappa shape index (κ3) is 1.26. The molecule has 5 heteroatoms. The van der Waals surface area contributed by atoms with Gasteiger partial charge in [0.25, 0.3) is 0 Å². The van der Waals surface area contributed by atoms with Crippen LogP contribution < -0.4 is 10.5 Å². The molecule has 2 aromatic carbocycles. The number of hydrogen-bond acceptors (Lipinski definition) is 4. The Morgan fingerprint density at radius 3 is 2.90 bits per heavy atom. The molecule has 0 fully saturated rings. The third-order valence-corrected chi connectivity index (χ3v) is 4.43. The van der Waals surface area contributed by atoms with Crippen LogP contribution in [-0.4, -0.2) is 10.9 Å². The lowest BCUT2D eigenvalue weighted by Gasteiger charge is -2.22. The van der Waals surface area contributed by atoms with Crippen molar-refractivity contribution in [2.45, 2.75) is 11.7 Å². The monoisotopic (exact) mass is 331 g/mol. The van der Waals surface area contributed by atoms with Crippen LogP contribution in [0.3, 0.4) is 0 Å². The Hall–Kier alpha value is -1.85. The summed E-state index contributed by atoms with van der Waals surface area (Å²) in [6, 6.07) is 10.4. The number of nitrogen functional groups attached to an aromatic ring is 1. The summed E-state index contributed by atoms with van der Waals surface area (Å²) >= 11 is 3.35. The number of hydrogen-bond donors (Lipinski definition) is 2. The third-order valence-electron chi connectivity index (χ3n) is 3.93. The van der Waals surface area contributed by atoms with Gasteiger partial charge >= 0.3 is 0 Å². The molecule has 0 aromatic heterocycles. The number of halogens is 1.